The van der Waals surface area contributed by atoms with Crippen molar-refractivity contribution in [1.82, 2.24) is 19.5 Å². The van der Waals surface area contributed by atoms with Gasteiger partial charge in [0.1, 0.15) is 17.7 Å². The van der Waals surface area contributed by atoms with Crippen molar-refractivity contribution in [2.75, 3.05) is 5.32 Å². The molecule has 112 valence electrons. The van der Waals surface area contributed by atoms with Crippen molar-refractivity contribution < 1.29 is 9.90 Å². The minimum Gasteiger partial charge on any atom is -0.477 e. The lowest BCUT2D eigenvalue weighted by molar-refractivity contribution is 0.0697. The van der Waals surface area contributed by atoms with Crippen LogP contribution in [0.2, 0.25) is 0 Å². The van der Waals surface area contributed by atoms with Crippen molar-refractivity contribution in [2.45, 2.75) is 33.4 Å². The minimum absolute atomic E-state index is 0.0142. The summed E-state index contributed by atoms with van der Waals surface area (Å²) in [6, 6.07) is -0.0142. The number of aromatic nitrogens is 4. The highest BCUT2D eigenvalue weighted by atomic mass is 16.4. The molecule has 0 aliphatic heterocycles. The number of aromatic carboxylic acids is 1. The van der Waals surface area contributed by atoms with E-state index in [1.807, 2.05) is 10.8 Å². The fourth-order valence-electron chi connectivity index (χ4n) is 1.91. The Morgan fingerprint density at radius 3 is 2.76 bits per heavy atom. The molecule has 21 heavy (non-hydrogen) atoms. The van der Waals surface area contributed by atoms with Crippen molar-refractivity contribution in [3.8, 4) is 0 Å². The van der Waals surface area contributed by atoms with Crippen LogP contribution < -0.4 is 5.32 Å². The average molecular weight is 289 g/mol. The largest absolute Gasteiger partial charge is 0.477 e. The third kappa shape index (κ3) is 3.77. The van der Waals surface area contributed by atoms with Crippen molar-refractivity contribution in [1.29, 1.82) is 0 Å². The second-order valence-electron chi connectivity index (χ2n) is 5.91. The lowest BCUT2D eigenvalue weighted by Crippen LogP contribution is -2.38. The van der Waals surface area contributed by atoms with E-state index >= 15 is 0 Å². The predicted octanol–water partition coefficient (Wildman–Crippen LogP) is 1.90. The van der Waals surface area contributed by atoms with Crippen LogP contribution in [-0.4, -0.2) is 36.6 Å². The molecule has 0 saturated carbocycles. The van der Waals surface area contributed by atoms with Gasteiger partial charge in [-0.2, -0.15) is 0 Å². The van der Waals surface area contributed by atoms with Gasteiger partial charge in [0, 0.05) is 25.1 Å². The van der Waals surface area contributed by atoms with Gasteiger partial charge in [-0.25, -0.2) is 19.7 Å². The van der Waals surface area contributed by atoms with Crippen molar-refractivity contribution in [3.63, 3.8) is 0 Å². The van der Waals surface area contributed by atoms with Gasteiger partial charge in [-0.3, -0.25) is 0 Å². The molecule has 7 nitrogen and oxygen atoms in total. The number of anilines is 1. The molecule has 2 aromatic heterocycles. The van der Waals surface area contributed by atoms with Gasteiger partial charge in [-0.15, -0.1) is 0 Å². The van der Waals surface area contributed by atoms with Gasteiger partial charge >= 0.3 is 5.97 Å². The Hall–Kier alpha value is -2.44. The van der Waals surface area contributed by atoms with Gasteiger partial charge in [0.2, 0.25) is 0 Å². The first kappa shape index (κ1) is 15.0. The highest BCUT2D eigenvalue weighted by Gasteiger charge is 2.26. The molecule has 2 heterocycles. The Morgan fingerprint density at radius 2 is 2.19 bits per heavy atom. The Balaban J connectivity index is 2.25. The molecule has 1 atom stereocenters. The number of nitrogens with one attached hydrogen (secondary N) is 1. The molecular formula is C14H19N5O2. The lowest BCUT2D eigenvalue weighted by Gasteiger charge is -2.32. The number of imidazole rings is 1. The summed E-state index contributed by atoms with van der Waals surface area (Å²) in [5.74, 6) is -0.717. The molecule has 7 heteroatoms. The van der Waals surface area contributed by atoms with Crippen LogP contribution in [0, 0.1) is 5.41 Å². The summed E-state index contributed by atoms with van der Waals surface area (Å²) in [5, 5.41) is 12.4. The summed E-state index contributed by atoms with van der Waals surface area (Å²) >= 11 is 0. The molecule has 2 rings (SSSR count). The lowest BCUT2D eigenvalue weighted by atomic mass is 9.86. The Kier molecular flexibility index (Phi) is 4.21. The molecule has 2 aromatic rings. The highest BCUT2D eigenvalue weighted by Crippen LogP contribution is 2.25. The van der Waals surface area contributed by atoms with Gasteiger partial charge in [-0.05, 0) is 5.41 Å². The van der Waals surface area contributed by atoms with E-state index in [1.165, 1.54) is 12.5 Å². The first-order valence-corrected chi connectivity index (χ1v) is 6.63. The molecule has 1 unspecified atom stereocenters. The molecule has 0 radical (unpaired) electrons. The number of hydrogen-bond acceptors (Lipinski definition) is 5. The third-order valence-corrected chi connectivity index (χ3v) is 3.25. The maximum absolute atomic E-state index is 11.2. The number of carbonyl (C=O) groups is 1. The summed E-state index contributed by atoms with van der Waals surface area (Å²) < 4.78 is 1.95. The van der Waals surface area contributed by atoms with Gasteiger partial charge < -0.3 is 15.0 Å². The average Bonchev–Trinajstić information content (AvgIpc) is 2.90. The summed E-state index contributed by atoms with van der Waals surface area (Å²) in [6.45, 7) is 6.92. The van der Waals surface area contributed by atoms with Crippen molar-refractivity contribution in [2.24, 2.45) is 5.41 Å². The fraction of sp³-hybridized carbons (Fsp3) is 0.429. The van der Waals surface area contributed by atoms with Crippen molar-refractivity contribution >= 4 is 11.8 Å². The van der Waals surface area contributed by atoms with Crippen LogP contribution in [0.5, 0.6) is 0 Å². The van der Waals surface area contributed by atoms with Crippen LogP contribution in [0.1, 0.15) is 31.1 Å². The predicted molar refractivity (Wildman–Crippen MR) is 78.1 cm³/mol. The molecule has 0 amide bonds. The zero-order valence-electron chi connectivity index (χ0n) is 12.3. The van der Waals surface area contributed by atoms with Gasteiger partial charge in [0.25, 0.3) is 0 Å². The van der Waals surface area contributed by atoms with E-state index in [1.54, 1.807) is 12.5 Å². The molecule has 2 N–H and O–H groups in total. The zero-order valence-corrected chi connectivity index (χ0v) is 12.3. The van der Waals surface area contributed by atoms with E-state index in [9.17, 15) is 9.90 Å². The fourth-order valence-corrected chi connectivity index (χ4v) is 1.91. The molecule has 0 spiro atoms. The Labute approximate surface area is 123 Å². The summed E-state index contributed by atoms with van der Waals surface area (Å²) in [5.41, 5.74) is -0.0252. The van der Waals surface area contributed by atoms with Gasteiger partial charge in [0.15, 0.2) is 0 Å². The van der Waals surface area contributed by atoms with E-state index in [4.69, 9.17) is 0 Å². The van der Waals surface area contributed by atoms with E-state index in [2.05, 4.69) is 41.0 Å². The molecule has 0 aliphatic rings. The SMILES string of the molecule is CC(C)(C)C(Cn1ccnc1)Nc1ncncc1C(=O)O. The molecule has 0 fully saturated rings. The summed E-state index contributed by atoms with van der Waals surface area (Å²) in [7, 11) is 0. The number of carboxylic acid groups (broad SMARTS) is 1. The van der Waals surface area contributed by atoms with Crippen LogP contribution in [-0.2, 0) is 6.54 Å². The second-order valence-corrected chi connectivity index (χ2v) is 5.91. The summed E-state index contributed by atoms with van der Waals surface area (Å²) in [4.78, 5) is 23.1. The standard InChI is InChI=1S/C14H19N5O2/c1-14(2,3)11(7-19-5-4-15-9-19)18-12-10(13(20)21)6-16-8-17-12/h4-6,8-9,11H,7H2,1-3H3,(H,20,21)(H,16,17,18). The van der Waals surface area contributed by atoms with Crippen LogP contribution in [0.15, 0.2) is 31.2 Å². The van der Waals surface area contributed by atoms with E-state index in [0.717, 1.165) is 0 Å². The Morgan fingerprint density at radius 1 is 1.43 bits per heavy atom. The molecule has 0 saturated heterocycles. The number of nitrogens with zero attached hydrogens (tertiary/aromatic N) is 4. The first-order chi connectivity index (χ1) is 9.88. The van der Waals surface area contributed by atoms with E-state index in [0.29, 0.717) is 12.4 Å². The molecular weight excluding hydrogens is 270 g/mol. The smallest absolute Gasteiger partial charge is 0.341 e. The maximum Gasteiger partial charge on any atom is 0.341 e. The summed E-state index contributed by atoms with van der Waals surface area (Å²) in [6.07, 6.45) is 7.96. The quantitative estimate of drug-likeness (QED) is 0.873. The van der Waals surface area contributed by atoms with Crippen LogP contribution in [0.25, 0.3) is 0 Å². The third-order valence-electron chi connectivity index (χ3n) is 3.25. The number of hydrogen-bond donors (Lipinski definition) is 2. The number of carboxylic acids is 1. The molecule has 0 aliphatic carbocycles. The van der Waals surface area contributed by atoms with E-state index in [-0.39, 0.29) is 17.0 Å². The van der Waals surface area contributed by atoms with Crippen molar-refractivity contribution in [3.05, 3.63) is 36.8 Å². The van der Waals surface area contributed by atoms with Crippen LogP contribution in [0.4, 0.5) is 5.82 Å². The second kappa shape index (κ2) is 5.90. The Bertz CT molecular complexity index is 604. The molecule has 0 bridgehead atoms. The first-order valence-electron chi connectivity index (χ1n) is 6.63. The van der Waals surface area contributed by atoms with Gasteiger partial charge in [-0.1, -0.05) is 20.8 Å². The zero-order chi connectivity index (χ0) is 15.5. The van der Waals surface area contributed by atoms with E-state index < -0.39 is 5.97 Å². The molecule has 0 aromatic carbocycles. The van der Waals surface area contributed by atoms with Gasteiger partial charge in [0.05, 0.1) is 12.4 Å². The van der Waals surface area contributed by atoms with Crippen LogP contribution in [0.3, 0.4) is 0 Å². The minimum atomic E-state index is -1.05. The monoisotopic (exact) mass is 289 g/mol. The highest BCUT2D eigenvalue weighted by molar-refractivity contribution is 5.92. The number of rotatable bonds is 5. The van der Waals surface area contributed by atoms with Crippen LogP contribution >= 0.6 is 0 Å². The normalized spacial score (nSPS) is 12.9. The topological polar surface area (TPSA) is 92.9 Å². The maximum atomic E-state index is 11.2.